The summed E-state index contributed by atoms with van der Waals surface area (Å²) in [7, 11) is 1.29. The Morgan fingerprint density at radius 3 is 2.52 bits per heavy atom. The first-order valence-electron chi connectivity index (χ1n) is 7.87. The predicted octanol–water partition coefficient (Wildman–Crippen LogP) is 3.27. The minimum atomic E-state index is -0.977. The third-order valence-corrected chi connectivity index (χ3v) is 4.54. The van der Waals surface area contributed by atoms with Gasteiger partial charge in [-0.1, -0.05) is 29.3 Å². The van der Waals surface area contributed by atoms with Gasteiger partial charge in [0, 0.05) is 19.2 Å². The highest BCUT2D eigenvalue weighted by atomic mass is 35.5. The molecule has 0 saturated heterocycles. The van der Waals surface area contributed by atoms with E-state index < -0.39 is 23.5 Å². The standard InChI is InChI=1S/C17H18Cl2N2O6/c1-27-21(8-10-4-5-12(18)13(19)7-10)16(25)11-9-20(17(26)15(11)24)6-2-3-14(22)23/h4-5,7,9,24,26H,2-3,6,8H2,1H3,(H,22,23). The smallest absolute Gasteiger partial charge is 0.303 e. The molecule has 2 rings (SSSR count). The van der Waals surface area contributed by atoms with Crippen molar-refractivity contribution >= 4 is 35.1 Å². The van der Waals surface area contributed by atoms with E-state index in [2.05, 4.69) is 0 Å². The number of carboxylic acid groups (broad SMARTS) is 1. The molecule has 1 aromatic heterocycles. The summed E-state index contributed by atoms with van der Waals surface area (Å²) in [6.07, 6.45) is 1.36. The van der Waals surface area contributed by atoms with Gasteiger partial charge in [-0.05, 0) is 24.1 Å². The van der Waals surface area contributed by atoms with Crippen LogP contribution in [-0.4, -0.2) is 43.9 Å². The average molecular weight is 417 g/mol. The van der Waals surface area contributed by atoms with Gasteiger partial charge in [0.1, 0.15) is 5.56 Å². The number of aromatic hydroxyl groups is 2. The molecule has 0 atom stereocenters. The number of hydroxylamine groups is 2. The molecule has 8 nitrogen and oxygen atoms in total. The molecule has 0 aliphatic carbocycles. The lowest BCUT2D eigenvalue weighted by molar-refractivity contribution is -0.137. The second-order valence-corrected chi connectivity index (χ2v) is 6.49. The molecule has 1 amide bonds. The van der Waals surface area contributed by atoms with Gasteiger partial charge in [-0.2, -0.15) is 0 Å². The van der Waals surface area contributed by atoms with E-state index in [4.69, 9.17) is 33.1 Å². The summed E-state index contributed by atoms with van der Waals surface area (Å²) in [5.74, 6) is -2.79. The minimum Gasteiger partial charge on any atom is -0.503 e. The molecule has 0 saturated carbocycles. The Labute approximate surface area is 165 Å². The molecule has 27 heavy (non-hydrogen) atoms. The molecule has 0 unspecified atom stereocenters. The third kappa shape index (κ3) is 5.06. The molecule has 1 heterocycles. The predicted molar refractivity (Wildman–Crippen MR) is 98.0 cm³/mol. The number of aliphatic carboxylic acids is 1. The number of carbonyl (C=O) groups excluding carboxylic acids is 1. The van der Waals surface area contributed by atoms with Crippen molar-refractivity contribution in [3.8, 4) is 11.6 Å². The Bertz CT molecular complexity index is 852. The minimum absolute atomic E-state index is 0.0244. The zero-order chi connectivity index (χ0) is 20.1. The van der Waals surface area contributed by atoms with Crippen LogP contribution in [-0.2, 0) is 22.7 Å². The van der Waals surface area contributed by atoms with E-state index in [0.717, 1.165) is 5.06 Å². The van der Waals surface area contributed by atoms with Crippen molar-refractivity contribution in [3.05, 3.63) is 45.6 Å². The molecular weight excluding hydrogens is 399 g/mol. The van der Waals surface area contributed by atoms with Crippen LogP contribution in [0, 0.1) is 0 Å². The number of aryl methyl sites for hydroxylation is 1. The highest BCUT2D eigenvalue weighted by Crippen LogP contribution is 2.33. The maximum atomic E-state index is 12.7. The molecule has 0 fully saturated rings. The van der Waals surface area contributed by atoms with Gasteiger partial charge in [0.15, 0.2) is 5.75 Å². The second kappa shape index (κ2) is 8.98. The Morgan fingerprint density at radius 1 is 1.22 bits per heavy atom. The van der Waals surface area contributed by atoms with Crippen LogP contribution in [0.3, 0.4) is 0 Å². The molecular formula is C17H18Cl2N2O6. The summed E-state index contributed by atoms with van der Waals surface area (Å²) >= 11 is 11.8. The number of aromatic nitrogens is 1. The molecule has 2 aromatic rings. The Balaban J connectivity index is 2.18. The van der Waals surface area contributed by atoms with E-state index in [1.54, 1.807) is 18.2 Å². The van der Waals surface area contributed by atoms with Gasteiger partial charge < -0.3 is 19.9 Å². The van der Waals surface area contributed by atoms with Crippen LogP contribution >= 0.6 is 23.2 Å². The zero-order valence-corrected chi connectivity index (χ0v) is 15.9. The van der Waals surface area contributed by atoms with Crippen LogP contribution in [0.1, 0.15) is 28.8 Å². The fraction of sp³-hybridized carbons (Fsp3) is 0.294. The SMILES string of the molecule is CON(Cc1ccc(Cl)c(Cl)c1)C(=O)c1cn(CCCC(=O)O)c(O)c1O. The monoisotopic (exact) mass is 416 g/mol. The average Bonchev–Trinajstić information content (AvgIpc) is 2.90. The van der Waals surface area contributed by atoms with E-state index in [1.807, 2.05) is 0 Å². The van der Waals surface area contributed by atoms with E-state index in [9.17, 15) is 19.8 Å². The number of halogens is 2. The van der Waals surface area contributed by atoms with Gasteiger partial charge in [0.05, 0.1) is 23.7 Å². The van der Waals surface area contributed by atoms with E-state index >= 15 is 0 Å². The lowest BCUT2D eigenvalue weighted by Gasteiger charge is -2.19. The summed E-state index contributed by atoms with van der Waals surface area (Å²) in [6, 6.07) is 4.83. The first-order valence-corrected chi connectivity index (χ1v) is 8.63. The van der Waals surface area contributed by atoms with Crippen LogP contribution in [0.4, 0.5) is 0 Å². The summed E-state index contributed by atoms with van der Waals surface area (Å²) in [6.45, 7) is 0.148. The zero-order valence-electron chi connectivity index (χ0n) is 14.4. The number of rotatable bonds is 8. The maximum Gasteiger partial charge on any atom is 0.303 e. The van der Waals surface area contributed by atoms with Gasteiger partial charge in [-0.3, -0.25) is 14.4 Å². The van der Waals surface area contributed by atoms with Crippen molar-refractivity contribution in [2.45, 2.75) is 25.9 Å². The van der Waals surface area contributed by atoms with E-state index in [1.165, 1.54) is 17.9 Å². The molecule has 0 radical (unpaired) electrons. The van der Waals surface area contributed by atoms with Crippen LogP contribution in [0.15, 0.2) is 24.4 Å². The molecule has 3 N–H and O–H groups in total. The Morgan fingerprint density at radius 2 is 1.93 bits per heavy atom. The normalized spacial score (nSPS) is 10.8. The van der Waals surface area contributed by atoms with Crippen molar-refractivity contribution < 1.29 is 29.7 Å². The summed E-state index contributed by atoms with van der Waals surface area (Å²) in [4.78, 5) is 28.3. The number of hydrogen-bond acceptors (Lipinski definition) is 5. The van der Waals surface area contributed by atoms with E-state index in [0.29, 0.717) is 15.6 Å². The molecule has 146 valence electrons. The molecule has 10 heteroatoms. The molecule has 0 aliphatic rings. The maximum absolute atomic E-state index is 12.7. The number of hydrogen-bond donors (Lipinski definition) is 3. The lowest BCUT2D eigenvalue weighted by atomic mass is 10.2. The van der Waals surface area contributed by atoms with Gasteiger partial charge in [-0.15, -0.1) is 0 Å². The number of nitrogens with zero attached hydrogens (tertiary/aromatic N) is 2. The lowest BCUT2D eigenvalue weighted by Crippen LogP contribution is -2.29. The van der Waals surface area contributed by atoms with Crippen molar-refractivity contribution in [2.75, 3.05) is 7.11 Å². The number of carbonyl (C=O) groups is 2. The second-order valence-electron chi connectivity index (χ2n) is 5.68. The Kier molecular flexibility index (Phi) is 6.95. The van der Waals surface area contributed by atoms with Crippen LogP contribution in [0.2, 0.25) is 10.0 Å². The number of benzene rings is 1. The van der Waals surface area contributed by atoms with Crippen molar-refractivity contribution in [1.82, 2.24) is 9.63 Å². The number of carboxylic acids is 1. The van der Waals surface area contributed by atoms with Crippen molar-refractivity contribution in [3.63, 3.8) is 0 Å². The van der Waals surface area contributed by atoms with Crippen LogP contribution < -0.4 is 0 Å². The van der Waals surface area contributed by atoms with Gasteiger partial charge >= 0.3 is 5.97 Å². The number of amides is 1. The summed E-state index contributed by atoms with van der Waals surface area (Å²) in [5.41, 5.74) is 0.467. The van der Waals surface area contributed by atoms with Crippen molar-refractivity contribution in [2.24, 2.45) is 0 Å². The van der Waals surface area contributed by atoms with E-state index in [-0.39, 0.29) is 31.5 Å². The highest BCUT2D eigenvalue weighted by Gasteiger charge is 2.25. The first-order chi connectivity index (χ1) is 12.7. The van der Waals surface area contributed by atoms with Crippen LogP contribution in [0.25, 0.3) is 0 Å². The molecule has 0 bridgehead atoms. The molecule has 0 aliphatic heterocycles. The quantitative estimate of drug-likeness (QED) is 0.569. The Hall–Kier alpha value is -2.42. The largest absolute Gasteiger partial charge is 0.503 e. The first kappa shape index (κ1) is 20.9. The summed E-state index contributed by atoms with van der Waals surface area (Å²) in [5, 5.41) is 30.4. The van der Waals surface area contributed by atoms with Gasteiger partial charge in [-0.25, -0.2) is 5.06 Å². The van der Waals surface area contributed by atoms with Crippen LogP contribution in [0.5, 0.6) is 11.6 Å². The van der Waals surface area contributed by atoms with Crippen molar-refractivity contribution in [1.29, 1.82) is 0 Å². The van der Waals surface area contributed by atoms with Gasteiger partial charge in [0.2, 0.25) is 5.88 Å². The molecule has 0 spiro atoms. The molecule has 1 aromatic carbocycles. The highest BCUT2D eigenvalue weighted by molar-refractivity contribution is 6.42. The van der Waals surface area contributed by atoms with Gasteiger partial charge in [0.25, 0.3) is 5.91 Å². The fourth-order valence-electron chi connectivity index (χ4n) is 2.42. The fourth-order valence-corrected chi connectivity index (χ4v) is 2.74. The topological polar surface area (TPSA) is 112 Å². The summed E-state index contributed by atoms with van der Waals surface area (Å²) < 4.78 is 1.21. The third-order valence-electron chi connectivity index (χ3n) is 3.80.